The normalized spacial score (nSPS) is 9.00. The predicted molar refractivity (Wildman–Crippen MR) is 38.1 cm³/mol. The molecule has 0 saturated carbocycles. The summed E-state index contributed by atoms with van der Waals surface area (Å²) in [6, 6.07) is 0. The molecule has 0 spiro atoms. The van der Waals surface area contributed by atoms with Crippen LogP contribution in [0.5, 0.6) is 0 Å². The number of hydrogen-bond donors (Lipinski definition) is 0. The maximum Gasteiger partial charge on any atom is 0.244 e. The first-order valence-corrected chi connectivity index (χ1v) is 3.32. The van der Waals surface area contributed by atoms with Crippen molar-refractivity contribution in [1.29, 1.82) is 0 Å². The van der Waals surface area contributed by atoms with Crippen molar-refractivity contribution in [3.63, 3.8) is 0 Å². The smallest absolute Gasteiger partial charge is 0.244 e. The molecular formula is C6H12N2O2. The van der Waals surface area contributed by atoms with Gasteiger partial charge in [-0.15, -0.1) is 4.91 Å². The Hall–Kier alpha value is -0.930. The lowest BCUT2D eigenvalue weighted by Gasteiger charge is -2.04. The van der Waals surface area contributed by atoms with E-state index in [1.165, 1.54) is 7.05 Å². The van der Waals surface area contributed by atoms with E-state index in [0.29, 0.717) is 6.42 Å². The molecule has 4 heteroatoms. The maximum atomic E-state index is 10.8. The van der Waals surface area contributed by atoms with E-state index in [9.17, 15) is 9.70 Å². The number of hydrogen-bond acceptors (Lipinski definition) is 3. The Morgan fingerprint density at radius 2 is 2.20 bits per heavy atom. The van der Waals surface area contributed by atoms with Gasteiger partial charge in [-0.1, -0.05) is 13.3 Å². The van der Waals surface area contributed by atoms with E-state index in [1.807, 2.05) is 6.92 Å². The van der Waals surface area contributed by atoms with Crippen LogP contribution in [0.2, 0.25) is 0 Å². The Morgan fingerprint density at radius 3 is 2.60 bits per heavy atom. The lowest BCUT2D eigenvalue weighted by molar-refractivity contribution is -0.130. The Bertz CT molecular complexity index is 125. The molecule has 0 aliphatic rings. The Morgan fingerprint density at radius 1 is 1.60 bits per heavy atom. The molecule has 0 atom stereocenters. The molecular weight excluding hydrogens is 132 g/mol. The Balaban J connectivity index is 3.51. The minimum atomic E-state index is -0.211. The zero-order chi connectivity index (χ0) is 7.98. The van der Waals surface area contributed by atoms with Gasteiger partial charge in [0.25, 0.3) is 0 Å². The average molecular weight is 144 g/mol. The second-order valence-corrected chi connectivity index (χ2v) is 2.10. The number of unbranched alkanes of at least 4 members (excludes halogenated alkanes) is 1. The fourth-order valence-corrected chi connectivity index (χ4v) is 0.535. The van der Waals surface area contributed by atoms with Crippen molar-refractivity contribution in [2.45, 2.75) is 26.2 Å². The van der Waals surface area contributed by atoms with Gasteiger partial charge >= 0.3 is 0 Å². The van der Waals surface area contributed by atoms with Gasteiger partial charge in [0, 0.05) is 13.5 Å². The summed E-state index contributed by atoms with van der Waals surface area (Å²) in [4.78, 5) is 20.5. The van der Waals surface area contributed by atoms with Gasteiger partial charge in [-0.05, 0) is 6.42 Å². The van der Waals surface area contributed by atoms with E-state index in [-0.39, 0.29) is 5.91 Å². The summed E-state index contributed by atoms with van der Waals surface area (Å²) in [6.07, 6.45) is 2.19. The summed E-state index contributed by atoms with van der Waals surface area (Å²) in [5, 5.41) is 3.30. The predicted octanol–water partition coefficient (Wildman–Crippen LogP) is 1.32. The highest BCUT2D eigenvalue weighted by Gasteiger charge is 2.05. The first-order valence-electron chi connectivity index (χ1n) is 3.32. The summed E-state index contributed by atoms with van der Waals surface area (Å²) in [7, 11) is 1.37. The first kappa shape index (κ1) is 9.07. The molecule has 0 radical (unpaired) electrons. The summed E-state index contributed by atoms with van der Waals surface area (Å²) >= 11 is 0. The van der Waals surface area contributed by atoms with Gasteiger partial charge in [0.05, 0.1) is 5.29 Å². The largest absolute Gasteiger partial charge is 0.273 e. The molecule has 1 amide bonds. The fourth-order valence-electron chi connectivity index (χ4n) is 0.535. The Kier molecular flexibility index (Phi) is 4.45. The van der Waals surface area contributed by atoms with Crippen LogP contribution in [0, 0.1) is 4.91 Å². The molecule has 0 fully saturated rings. The highest BCUT2D eigenvalue weighted by atomic mass is 16.3. The van der Waals surface area contributed by atoms with E-state index in [1.54, 1.807) is 0 Å². The van der Waals surface area contributed by atoms with Gasteiger partial charge in [0.15, 0.2) is 0 Å². The Labute approximate surface area is 60.2 Å². The fraction of sp³-hybridized carbons (Fsp3) is 0.833. The minimum absolute atomic E-state index is 0.211. The lowest BCUT2D eigenvalue weighted by Crippen LogP contribution is -2.19. The van der Waals surface area contributed by atoms with Crippen LogP contribution in [-0.4, -0.2) is 18.0 Å². The molecule has 0 aromatic rings. The molecule has 0 aliphatic heterocycles. The van der Waals surface area contributed by atoms with Gasteiger partial charge in [0.2, 0.25) is 5.91 Å². The van der Waals surface area contributed by atoms with Gasteiger partial charge in [-0.3, -0.25) is 4.79 Å². The average Bonchev–Trinajstić information content (AvgIpc) is 1.98. The van der Waals surface area contributed by atoms with E-state index in [0.717, 1.165) is 17.9 Å². The molecule has 0 heterocycles. The van der Waals surface area contributed by atoms with Crippen LogP contribution >= 0.6 is 0 Å². The van der Waals surface area contributed by atoms with Crippen molar-refractivity contribution in [3.05, 3.63) is 4.91 Å². The van der Waals surface area contributed by atoms with E-state index in [4.69, 9.17) is 0 Å². The molecule has 0 N–H and O–H groups in total. The van der Waals surface area contributed by atoms with Gasteiger partial charge in [0.1, 0.15) is 0 Å². The molecule has 0 bridgehead atoms. The van der Waals surface area contributed by atoms with Crippen molar-refractivity contribution in [2.75, 3.05) is 7.05 Å². The van der Waals surface area contributed by atoms with Crippen LogP contribution in [0.3, 0.4) is 0 Å². The van der Waals surface area contributed by atoms with Crippen LogP contribution in [0.1, 0.15) is 26.2 Å². The molecule has 0 aromatic heterocycles. The highest BCUT2D eigenvalue weighted by Crippen LogP contribution is 1.97. The SMILES string of the molecule is CCCCC(=O)N(C)N=O. The van der Waals surface area contributed by atoms with Gasteiger partial charge < -0.3 is 0 Å². The van der Waals surface area contributed by atoms with Crippen molar-refractivity contribution in [2.24, 2.45) is 5.29 Å². The molecule has 0 saturated heterocycles. The molecule has 58 valence electrons. The second kappa shape index (κ2) is 4.90. The van der Waals surface area contributed by atoms with Crippen LogP contribution in [0.15, 0.2) is 5.29 Å². The third kappa shape index (κ3) is 3.17. The van der Waals surface area contributed by atoms with Crippen LogP contribution in [-0.2, 0) is 4.79 Å². The summed E-state index contributed by atoms with van der Waals surface area (Å²) in [5.74, 6) is -0.211. The van der Waals surface area contributed by atoms with Crippen molar-refractivity contribution >= 4 is 5.91 Å². The van der Waals surface area contributed by atoms with Crippen molar-refractivity contribution in [3.8, 4) is 0 Å². The number of carbonyl (C=O) groups is 1. The molecule has 10 heavy (non-hydrogen) atoms. The van der Waals surface area contributed by atoms with E-state index in [2.05, 4.69) is 5.29 Å². The molecule has 0 rings (SSSR count). The second-order valence-electron chi connectivity index (χ2n) is 2.10. The van der Waals surface area contributed by atoms with E-state index < -0.39 is 0 Å². The summed E-state index contributed by atoms with van der Waals surface area (Å²) < 4.78 is 0. The van der Waals surface area contributed by atoms with Gasteiger partial charge in [-0.25, -0.2) is 5.01 Å². The molecule has 4 nitrogen and oxygen atoms in total. The zero-order valence-corrected chi connectivity index (χ0v) is 6.33. The summed E-state index contributed by atoms with van der Waals surface area (Å²) in [6.45, 7) is 1.99. The molecule has 0 unspecified atom stereocenters. The third-order valence-corrected chi connectivity index (χ3v) is 1.23. The number of nitrogens with zero attached hydrogens (tertiary/aromatic N) is 2. The first-order chi connectivity index (χ1) is 4.72. The monoisotopic (exact) mass is 144 g/mol. The third-order valence-electron chi connectivity index (χ3n) is 1.23. The lowest BCUT2D eigenvalue weighted by atomic mass is 10.2. The summed E-state index contributed by atoms with van der Waals surface area (Å²) in [5.41, 5.74) is 0. The topological polar surface area (TPSA) is 49.7 Å². The van der Waals surface area contributed by atoms with Gasteiger partial charge in [-0.2, -0.15) is 0 Å². The highest BCUT2D eigenvalue weighted by molar-refractivity contribution is 5.75. The number of carbonyl (C=O) groups excluding carboxylic acids is 1. The number of nitroso groups, excluding NO2 is 1. The van der Waals surface area contributed by atoms with Crippen molar-refractivity contribution < 1.29 is 4.79 Å². The van der Waals surface area contributed by atoms with Crippen LogP contribution < -0.4 is 0 Å². The number of amides is 1. The van der Waals surface area contributed by atoms with Crippen LogP contribution in [0.25, 0.3) is 0 Å². The molecule has 0 aliphatic carbocycles. The number of rotatable bonds is 4. The standard InChI is InChI=1S/C6H12N2O2/c1-3-4-5-6(9)8(2)7-10/h3-5H2,1-2H3. The minimum Gasteiger partial charge on any atom is -0.273 e. The van der Waals surface area contributed by atoms with Crippen LogP contribution in [0.4, 0.5) is 0 Å². The molecule has 0 aromatic carbocycles. The quantitative estimate of drug-likeness (QED) is 0.441. The maximum absolute atomic E-state index is 10.8. The van der Waals surface area contributed by atoms with E-state index >= 15 is 0 Å². The van der Waals surface area contributed by atoms with Crippen molar-refractivity contribution in [1.82, 2.24) is 5.01 Å². The zero-order valence-electron chi connectivity index (χ0n) is 6.33.